The van der Waals surface area contributed by atoms with Crippen molar-refractivity contribution < 1.29 is 8.42 Å². The van der Waals surface area contributed by atoms with Gasteiger partial charge in [0.1, 0.15) is 4.21 Å². The van der Waals surface area contributed by atoms with Crippen molar-refractivity contribution in [1.29, 1.82) is 0 Å². The Morgan fingerprint density at radius 1 is 1.30 bits per heavy atom. The van der Waals surface area contributed by atoms with Crippen molar-refractivity contribution in [3.63, 3.8) is 0 Å². The van der Waals surface area contributed by atoms with Gasteiger partial charge in [-0.2, -0.15) is 0 Å². The molecule has 3 nitrogen and oxygen atoms in total. The lowest BCUT2D eigenvalue weighted by atomic mass is 10.1. The van der Waals surface area contributed by atoms with Crippen LogP contribution in [0.5, 0.6) is 0 Å². The van der Waals surface area contributed by atoms with Gasteiger partial charge in [0.2, 0.25) is 0 Å². The Labute approximate surface area is 124 Å². The summed E-state index contributed by atoms with van der Waals surface area (Å²) in [7, 11) is -3.53. The average Bonchev–Trinajstić information content (AvgIpc) is 2.93. The Kier molecular flexibility index (Phi) is 4.30. The van der Waals surface area contributed by atoms with Crippen LogP contribution in [-0.4, -0.2) is 15.0 Å². The standard InChI is InChI=1S/C15H17NO2S2/c1-4-9-16(14-11-12(2)7-8-13(14)3)20(17,18)15-6-5-10-19-15/h4-8,10-11H,1,9H2,2-3H3. The first-order valence-electron chi connectivity index (χ1n) is 6.21. The highest BCUT2D eigenvalue weighted by Gasteiger charge is 2.26. The molecular weight excluding hydrogens is 290 g/mol. The van der Waals surface area contributed by atoms with Crippen LogP contribution in [0.2, 0.25) is 0 Å². The van der Waals surface area contributed by atoms with Gasteiger partial charge in [-0.3, -0.25) is 4.31 Å². The lowest BCUT2D eigenvalue weighted by molar-refractivity contribution is 0.595. The van der Waals surface area contributed by atoms with Gasteiger partial charge in [-0.05, 0) is 42.5 Å². The van der Waals surface area contributed by atoms with Crippen LogP contribution in [0.3, 0.4) is 0 Å². The summed E-state index contributed by atoms with van der Waals surface area (Å²) in [6.45, 7) is 7.79. The van der Waals surface area contributed by atoms with E-state index >= 15 is 0 Å². The number of anilines is 1. The normalized spacial score (nSPS) is 11.3. The molecule has 0 bridgehead atoms. The molecule has 0 unspecified atom stereocenters. The lowest BCUT2D eigenvalue weighted by Gasteiger charge is -2.24. The van der Waals surface area contributed by atoms with E-state index < -0.39 is 10.0 Å². The van der Waals surface area contributed by atoms with Crippen molar-refractivity contribution in [2.45, 2.75) is 18.1 Å². The number of benzene rings is 1. The molecule has 1 aromatic heterocycles. The molecule has 5 heteroatoms. The Morgan fingerprint density at radius 2 is 2.05 bits per heavy atom. The SMILES string of the molecule is C=CCN(c1cc(C)ccc1C)S(=O)(=O)c1cccs1. The van der Waals surface area contributed by atoms with Gasteiger partial charge in [-0.15, -0.1) is 17.9 Å². The van der Waals surface area contributed by atoms with E-state index in [0.29, 0.717) is 9.90 Å². The van der Waals surface area contributed by atoms with Gasteiger partial charge in [0.15, 0.2) is 0 Å². The largest absolute Gasteiger partial charge is 0.274 e. The van der Waals surface area contributed by atoms with Gasteiger partial charge in [0.05, 0.1) is 12.2 Å². The molecule has 1 aromatic carbocycles. The minimum Gasteiger partial charge on any atom is -0.262 e. The molecule has 0 saturated heterocycles. The topological polar surface area (TPSA) is 37.4 Å². The molecule has 0 amide bonds. The highest BCUT2D eigenvalue weighted by molar-refractivity contribution is 7.94. The zero-order chi connectivity index (χ0) is 14.8. The quantitative estimate of drug-likeness (QED) is 0.789. The summed E-state index contributed by atoms with van der Waals surface area (Å²) in [6, 6.07) is 9.17. The third kappa shape index (κ3) is 2.78. The number of hydrogen-bond acceptors (Lipinski definition) is 3. The number of sulfonamides is 1. The lowest BCUT2D eigenvalue weighted by Crippen LogP contribution is -2.31. The van der Waals surface area contributed by atoms with Gasteiger partial charge in [0, 0.05) is 0 Å². The Balaban J connectivity index is 2.57. The van der Waals surface area contributed by atoms with E-state index in [9.17, 15) is 8.42 Å². The van der Waals surface area contributed by atoms with E-state index in [0.717, 1.165) is 11.1 Å². The molecule has 0 fully saturated rings. The van der Waals surface area contributed by atoms with E-state index in [4.69, 9.17) is 0 Å². The van der Waals surface area contributed by atoms with Crippen molar-refractivity contribution >= 4 is 27.0 Å². The van der Waals surface area contributed by atoms with Crippen molar-refractivity contribution in [1.82, 2.24) is 0 Å². The van der Waals surface area contributed by atoms with Gasteiger partial charge in [0.25, 0.3) is 10.0 Å². The fourth-order valence-corrected chi connectivity index (χ4v) is 4.55. The molecule has 0 aliphatic rings. The molecule has 2 rings (SSSR count). The fraction of sp³-hybridized carbons (Fsp3) is 0.200. The molecule has 0 aliphatic heterocycles. The molecule has 0 aliphatic carbocycles. The van der Waals surface area contributed by atoms with E-state index in [2.05, 4.69) is 6.58 Å². The average molecular weight is 307 g/mol. The van der Waals surface area contributed by atoms with Crippen LogP contribution < -0.4 is 4.31 Å². The van der Waals surface area contributed by atoms with Crippen molar-refractivity contribution in [3.05, 3.63) is 59.5 Å². The molecule has 0 atom stereocenters. The van der Waals surface area contributed by atoms with E-state index in [1.165, 1.54) is 15.6 Å². The zero-order valence-corrected chi connectivity index (χ0v) is 13.2. The summed E-state index contributed by atoms with van der Waals surface area (Å²) < 4.78 is 27.2. The first kappa shape index (κ1) is 14.8. The predicted molar refractivity (Wildman–Crippen MR) is 85.0 cm³/mol. The first-order valence-corrected chi connectivity index (χ1v) is 8.53. The Morgan fingerprint density at radius 3 is 2.65 bits per heavy atom. The van der Waals surface area contributed by atoms with Crippen molar-refractivity contribution in [2.24, 2.45) is 0 Å². The minimum absolute atomic E-state index is 0.254. The molecule has 106 valence electrons. The van der Waals surface area contributed by atoms with Gasteiger partial charge in [-0.25, -0.2) is 8.42 Å². The van der Waals surface area contributed by atoms with Crippen molar-refractivity contribution in [3.8, 4) is 0 Å². The molecule has 20 heavy (non-hydrogen) atoms. The van der Waals surface area contributed by atoms with Crippen LogP contribution in [0.15, 0.2) is 52.6 Å². The summed E-state index contributed by atoms with van der Waals surface area (Å²) in [5.74, 6) is 0. The Bertz CT molecular complexity index is 703. The summed E-state index contributed by atoms with van der Waals surface area (Å²) in [5.41, 5.74) is 2.66. The first-order chi connectivity index (χ1) is 9.46. The fourth-order valence-electron chi connectivity index (χ4n) is 1.95. The summed E-state index contributed by atoms with van der Waals surface area (Å²) in [6.07, 6.45) is 1.60. The molecule has 0 N–H and O–H groups in total. The van der Waals surface area contributed by atoms with E-state index in [1.807, 2.05) is 32.0 Å². The van der Waals surface area contributed by atoms with Gasteiger partial charge < -0.3 is 0 Å². The molecule has 2 aromatic rings. The molecule has 1 heterocycles. The van der Waals surface area contributed by atoms with Crippen LogP contribution in [0.4, 0.5) is 5.69 Å². The number of aryl methyl sites for hydroxylation is 2. The van der Waals surface area contributed by atoms with Crippen LogP contribution in [0.1, 0.15) is 11.1 Å². The van der Waals surface area contributed by atoms with E-state index in [1.54, 1.807) is 23.6 Å². The maximum Gasteiger partial charge on any atom is 0.274 e. The smallest absolute Gasteiger partial charge is 0.262 e. The monoisotopic (exact) mass is 307 g/mol. The predicted octanol–water partition coefficient (Wildman–Crippen LogP) is 3.75. The highest BCUT2D eigenvalue weighted by atomic mass is 32.2. The van der Waals surface area contributed by atoms with Gasteiger partial charge in [-0.1, -0.05) is 24.3 Å². The second-order valence-corrected chi connectivity index (χ2v) is 7.58. The van der Waals surface area contributed by atoms with E-state index in [-0.39, 0.29) is 6.54 Å². The van der Waals surface area contributed by atoms with Crippen LogP contribution >= 0.6 is 11.3 Å². The number of thiophene rings is 1. The maximum atomic E-state index is 12.7. The summed E-state index contributed by atoms with van der Waals surface area (Å²) >= 11 is 1.22. The summed E-state index contributed by atoms with van der Waals surface area (Å²) in [4.78, 5) is 0. The number of nitrogens with zero attached hydrogens (tertiary/aromatic N) is 1. The van der Waals surface area contributed by atoms with Crippen LogP contribution in [0.25, 0.3) is 0 Å². The number of rotatable bonds is 5. The van der Waals surface area contributed by atoms with Crippen LogP contribution in [0, 0.1) is 13.8 Å². The van der Waals surface area contributed by atoms with Gasteiger partial charge >= 0.3 is 0 Å². The Hall–Kier alpha value is -1.59. The summed E-state index contributed by atoms with van der Waals surface area (Å²) in [5, 5.41) is 1.77. The zero-order valence-electron chi connectivity index (χ0n) is 11.5. The third-order valence-corrected chi connectivity index (χ3v) is 6.12. The molecular formula is C15H17NO2S2. The van der Waals surface area contributed by atoms with Crippen LogP contribution in [-0.2, 0) is 10.0 Å². The molecule has 0 spiro atoms. The molecule has 0 radical (unpaired) electrons. The minimum atomic E-state index is -3.53. The molecule has 0 saturated carbocycles. The second kappa shape index (κ2) is 5.81. The highest BCUT2D eigenvalue weighted by Crippen LogP contribution is 2.29. The van der Waals surface area contributed by atoms with Crippen molar-refractivity contribution in [2.75, 3.05) is 10.8 Å². The number of hydrogen-bond donors (Lipinski definition) is 0. The second-order valence-electron chi connectivity index (χ2n) is 4.55. The maximum absolute atomic E-state index is 12.7. The third-order valence-electron chi connectivity index (χ3n) is 2.97.